The fourth-order valence-electron chi connectivity index (χ4n) is 10.8. The first-order valence-corrected chi connectivity index (χ1v) is 34.7. The summed E-state index contributed by atoms with van der Waals surface area (Å²) in [7, 11) is 0. The van der Waals surface area contributed by atoms with E-state index in [2.05, 4.69) is 32.9 Å². The van der Waals surface area contributed by atoms with Crippen LogP contribution in [0.25, 0.3) is 0 Å². The zero-order valence-corrected chi connectivity index (χ0v) is 51.8. The number of esters is 3. The van der Waals surface area contributed by atoms with Crippen LogP contribution in [0.2, 0.25) is 0 Å². The molecule has 0 aromatic rings. The summed E-state index contributed by atoms with van der Waals surface area (Å²) in [6.45, 7) is 6.72. The number of allylic oxidation sites excluding steroid dienone is 2. The highest BCUT2D eigenvalue weighted by Crippen LogP contribution is 2.19. The van der Waals surface area contributed by atoms with Gasteiger partial charge in [0.05, 0.1) is 0 Å². The quantitative estimate of drug-likeness (QED) is 0.0261. The molecule has 0 N–H and O–H groups in total. The maximum atomic E-state index is 12.9. The molecule has 76 heavy (non-hydrogen) atoms. The van der Waals surface area contributed by atoms with Crippen LogP contribution < -0.4 is 0 Å². The smallest absolute Gasteiger partial charge is 0.306 e. The summed E-state index contributed by atoms with van der Waals surface area (Å²) in [6, 6.07) is 0. The second-order valence-corrected chi connectivity index (χ2v) is 23.8. The van der Waals surface area contributed by atoms with Crippen LogP contribution in [-0.2, 0) is 28.6 Å². The van der Waals surface area contributed by atoms with E-state index in [0.29, 0.717) is 19.3 Å². The van der Waals surface area contributed by atoms with Crippen molar-refractivity contribution in [3.63, 3.8) is 0 Å². The number of carbonyl (C=O) groups excluding carboxylic acids is 3. The molecule has 0 spiro atoms. The summed E-state index contributed by atoms with van der Waals surface area (Å²) >= 11 is 0. The van der Waals surface area contributed by atoms with Crippen LogP contribution in [-0.4, -0.2) is 37.2 Å². The third-order valence-electron chi connectivity index (χ3n) is 16.0. The van der Waals surface area contributed by atoms with Crippen LogP contribution in [0.5, 0.6) is 0 Å². The van der Waals surface area contributed by atoms with Crippen LogP contribution in [0.3, 0.4) is 0 Å². The fraction of sp³-hybridized carbons (Fsp3) is 0.929. The highest BCUT2D eigenvalue weighted by Gasteiger charge is 2.19. The topological polar surface area (TPSA) is 78.9 Å². The minimum absolute atomic E-state index is 0.0656. The molecule has 0 heterocycles. The van der Waals surface area contributed by atoms with Crippen molar-refractivity contribution in [1.29, 1.82) is 0 Å². The average Bonchev–Trinajstić information content (AvgIpc) is 3.42. The van der Waals surface area contributed by atoms with E-state index in [1.165, 1.54) is 295 Å². The number of ether oxygens (including phenoxy) is 3. The first-order chi connectivity index (χ1) is 37.5. The van der Waals surface area contributed by atoms with E-state index in [1.54, 1.807) is 0 Å². The van der Waals surface area contributed by atoms with Gasteiger partial charge in [0.25, 0.3) is 0 Å². The lowest BCUT2D eigenvalue weighted by molar-refractivity contribution is -0.167. The number of hydrogen-bond acceptors (Lipinski definition) is 6. The normalized spacial score (nSPS) is 12.0. The van der Waals surface area contributed by atoms with Crippen molar-refractivity contribution in [1.82, 2.24) is 0 Å². The van der Waals surface area contributed by atoms with Gasteiger partial charge >= 0.3 is 17.9 Å². The van der Waals surface area contributed by atoms with Crippen LogP contribution in [0.15, 0.2) is 12.2 Å². The van der Waals surface area contributed by atoms with E-state index in [9.17, 15) is 14.4 Å². The van der Waals surface area contributed by atoms with Crippen LogP contribution in [0.4, 0.5) is 0 Å². The van der Waals surface area contributed by atoms with E-state index in [0.717, 1.165) is 64.2 Å². The van der Waals surface area contributed by atoms with E-state index < -0.39 is 6.10 Å². The molecule has 0 saturated heterocycles. The number of unbranched alkanes of at least 4 members (excludes halogenated alkanes) is 52. The van der Waals surface area contributed by atoms with Gasteiger partial charge in [-0.05, 0) is 44.9 Å². The Morgan fingerprint density at radius 2 is 0.434 bits per heavy atom. The number of carbonyl (C=O) groups is 3. The molecular formula is C70H134O6. The van der Waals surface area contributed by atoms with Crippen molar-refractivity contribution in [3.8, 4) is 0 Å². The molecule has 0 aliphatic carbocycles. The molecule has 6 nitrogen and oxygen atoms in total. The van der Waals surface area contributed by atoms with Gasteiger partial charge in [-0.1, -0.05) is 348 Å². The Morgan fingerprint density at radius 3 is 0.658 bits per heavy atom. The Kier molecular flexibility index (Phi) is 64.1. The lowest BCUT2D eigenvalue weighted by atomic mass is 10.0. The summed E-state index contributed by atoms with van der Waals surface area (Å²) in [5.74, 6) is -0.838. The lowest BCUT2D eigenvalue weighted by Crippen LogP contribution is -2.30. The molecule has 0 saturated carbocycles. The second kappa shape index (κ2) is 65.7. The largest absolute Gasteiger partial charge is 0.462 e. The highest BCUT2D eigenvalue weighted by molar-refractivity contribution is 5.71. The van der Waals surface area contributed by atoms with E-state index in [4.69, 9.17) is 14.2 Å². The molecule has 0 fully saturated rings. The molecule has 0 aromatic heterocycles. The Morgan fingerprint density at radius 1 is 0.250 bits per heavy atom. The van der Waals surface area contributed by atoms with E-state index in [1.807, 2.05) is 0 Å². The molecule has 1 atom stereocenters. The SMILES string of the molecule is CCCCCCCCC/C=C\CCCCCCCC(=O)OCC(COC(=O)CCCCCCCCCCCCCCCCCCCCCCC)OC(=O)CCCCCCCCCCCCCCCCCCCCCCC. The summed E-state index contributed by atoms with van der Waals surface area (Å²) in [5, 5.41) is 0. The molecule has 0 amide bonds. The van der Waals surface area contributed by atoms with Gasteiger partial charge in [0.1, 0.15) is 13.2 Å². The molecule has 1 unspecified atom stereocenters. The minimum atomic E-state index is -0.770. The van der Waals surface area contributed by atoms with Gasteiger partial charge in [0, 0.05) is 19.3 Å². The lowest BCUT2D eigenvalue weighted by Gasteiger charge is -2.18. The monoisotopic (exact) mass is 1070 g/mol. The third-order valence-corrected chi connectivity index (χ3v) is 16.0. The number of rotatable bonds is 65. The van der Waals surface area contributed by atoms with Crippen LogP contribution in [0.1, 0.15) is 400 Å². The number of hydrogen-bond donors (Lipinski definition) is 0. The first-order valence-electron chi connectivity index (χ1n) is 34.7. The van der Waals surface area contributed by atoms with Crippen LogP contribution >= 0.6 is 0 Å². The average molecular weight is 1070 g/mol. The maximum Gasteiger partial charge on any atom is 0.306 e. The Labute approximate surface area is 475 Å². The molecule has 450 valence electrons. The Balaban J connectivity index is 4.28. The third kappa shape index (κ3) is 63.0. The summed E-state index contributed by atoms with van der Waals surface area (Å²) in [4.78, 5) is 38.4. The summed E-state index contributed by atoms with van der Waals surface area (Å²) < 4.78 is 17.0. The van der Waals surface area contributed by atoms with Gasteiger partial charge < -0.3 is 14.2 Å². The van der Waals surface area contributed by atoms with Crippen molar-refractivity contribution >= 4 is 17.9 Å². The van der Waals surface area contributed by atoms with Crippen molar-refractivity contribution in [2.45, 2.75) is 406 Å². The predicted molar refractivity (Wildman–Crippen MR) is 330 cm³/mol. The van der Waals surface area contributed by atoms with Gasteiger partial charge in [-0.2, -0.15) is 0 Å². The second-order valence-electron chi connectivity index (χ2n) is 23.8. The Hall–Kier alpha value is -1.85. The molecular weight excluding hydrogens is 937 g/mol. The molecule has 0 aromatic carbocycles. The van der Waals surface area contributed by atoms with Gasteiger partial charge in [-0.3, -0.25) is 14.4 Å². The first kappa shape index (κ1) is 74.2. The summed E-state index contributed by atoms with van der Waals surface area (Å²) in [6.07, 6.45) is 78.0. The molecule has 0 bridgehead atoms. The highest BCUT2D eigenvalue weighted by atomic mass is 16.6. The zero-order chi connectivity index (χ0) is 55.0. The van der Waals surface area contributed by atoms with Gasteiger partial charge in [0.15, 0.2) is 6.10 Å². The molecule has 6 heteroatoms. The maximum absolute atomic E-state index is 12.9. The fourth-order valence-corrected chi connectivity index (χ4v) is 10.8. The molecule has 0 radical (unpaired) electrons. The minimum Gasteiger partial charge on any atom is -0.462 e. The summed E-state index contributed by atoms with van der Waals surface area (Å²) in [5.41, 5.74) is 0. The van der Waals surface area contributed by atoms with Gasteiger partial charge in [0.2, 0.25) is 0 Å². The predicted octanol–water partition coefficient (Wildman–Crippen LogP) is 23.6. The standard InChI is InChI=1S/C70H134O6/c1-4-7-10-13-16-19-22-25-28-31-33-35-37-39-42-45-48-51-54-57-60-63-69(72)75-66-67(65-74-68(71)62-59-56-53-50-47-44-41-30-27-24-21-18-15-12-9-6-3)76-70(73)64-61-58-55-52-49-46-43-40-38-36-34-32-29-26-23-20-17-14-11-8-5-2/h30,41,67H,4-29,31-40,42-66H2,1-3H3/b41-30-. The van der Waals surface area contributed by atoms with Crippen molar-refractivity contribution in [2.75, 3.05) is 13.2 Å². The van der Waals surface area contributed by atoms with Crippen LogP contribution in [0, 0.1) is 0 Å². The van der Waals surface area contributed by atoms with Crippen molar-refractivity contribution < 1.29 is 28.6 Å². The molecule has 0 aliphatic rings. The molecule has 0 aliphatic heterocycles. The Bertz CT molecular complexity index is 1180. The zero-order valence-electron chi connectivity index (χ0n) is 51.8. The van der Waals surface area contributed by atoms with E-state index in [-0.39, 0.29) is 31.1 Å². The van der Waals surface area contributed by atoms with E-state index >= 15 is 0 Å². The van der Waals surface area contributed by atoms with Crippen molar-refractivity contribution in [3.05, 3.63) is 12.2 Å². The van der Waals surface area contributed by atoms with Gasteiger partial charge in [-0.25, -0.2) is 0 Å². The van der Waals surface area contributed by atoms with Gasteiger partial charge in [-0.15, -0.1) is 0 Å². The van der Waals surface area contributed by atoms with Crippen molar-refractivity contribution in [2.24, 2.45) is 0 Å². The molecule has 0 rings (SSSR count).